The van der Waals surface area contributed by atoms with Crippen molar-refractivity contribution < 1.29 is 19.1 Å². The summed E-state index contributed by atoms with van der Waals surface area (Å²) in [5.41, 5.74) is 9.40. The molecule has 31 heavy (non-hydrogen) atoms. The van der Waals surface area contributed by atoms with Crippen molar-refractivity contribution in [1.82, 2.24) is 9.47 Å². The number of amides is 1. The summed E-state index contributed by atoms with van der Waals surface area (Å²) in [4.78, 5) is 26.7. The van der Waals surface area contributed by atoms with E-state index in [0.29, 0.717) is 29.1 Å². The van der Waals surface area contributed by atoms with Crippen LogP contribution in [0.5, 0.6) is 0 Å². The van der Waals surface area contributed by atoms with E-state index < -0.39 is 5.91 Å². The van der Waals surface area contributed by atoms with Crippen LogP contribution >= 0.6 is 11.6 Å². The molecule has 0 radical (unpaired) electrons. The molecule has 2 aromatic rings. The highest BCUT2D eigenvalue weighted by atomic mass is 35.5. The van der Waals surface area contributed by atoms with Gasteiger partial charge in [0.2, 0.25) is 0 Å². The SMILES string of the molecule is COC(=O)CCc1c(-c2ccccc2Cl)c(C(N)=O)c(C)n1CCCN1CCOCC1. The van der Waals surface area contributed by atoms with Crippen molar-refractivity contribution >= 4 is 23.5 Å². The van der Waals surface area contributed by atoms with E-state index in [-0.39, 0.29) is 12.4 Å². The van der Waals surface area contributed by atoms with Crippen LogP contribution in [0.2, 0.25) is 5.02 Å². The maximum absolute atomic E-state index is 12.5. The predicted molar refractivity (Wildman–Crippen MR) is 120 cm³/mol. The lowest BCUT2D eigenvalue weighted by atomic mass is 9.98. The Labute approximate surface area is 188 Å². The van der Waals surface area contributed by atoms with Crippen LogP contribution in [0.15, 0.2) is 24.3 Å². The van der Waals surface area contributed by atoms with Gasteiger partial charge in [-0.3, -0.25) is 14.5 Å². The third-order valence-corrected chi connectivity index (χ3v) is 6.10. The monoisotopic (exact) mass is 447 g/mol. The highest BCUT2D eigenvalue weighted by Gasteiger charge is 2.26. The fourth-order valence-electron chi connectivity index (χ4n) is 4.22. The first-order valence-corrected chi connectivity index (χ1v) is 11.0. The molecule has 3 rings (SSSR count). The molecule has 0 aliphatic carbocycles. The second-order valence-corrected chi connectivity index (χ2v) is 8.07. The number of morpholine rings is 1. The summed E-state index contributed by atoms with van der Waals surface area (Å²) in [6, 6.07) is 7.39. The van der Waals surface area contributed by atoms with Crippen LogP contribution in [0.1, 0.15) is 34.6 Å². The number of hydrogen-bond donors (Lipinski definition) is 1. The first-order valence-electron chi connectivity index (χ1n) is 10.6. The highest BCUT2D eigenvalue weighted by Crippen LogP contribution is 2.37. The number of benzene rings is 1. The number of nitrogens with two attached hydrogens (primary N) is 1. The lowest BCUT2D eigenvalue weighted by Crippen LogP contribution is -2.37. The number of ether oxygens (including phenoxy) is 2. The number of esters is 1. The molecular formula is C23H30ClN3O4. The summed E-state index contributed by atoms with van der Waals surface area (Å²) in [6.07, 6.45) is 1.54. The molecule has 2 heterocycles. The first-order chi connectivity index (χ1) is 14.9. The molecule has 0 saturated carbocycles. The topological polar surface area (TPSA) is 86.8 Å². The van der Waals surface area contributed by atoms with Crippen molar-refractivity contribution in [3.63, 3.8) is 0 Å². The molecule has 1 aliphatic heterocycles. The average molecular weight is 448 g/mol. The van der Waals surface area contributed by atoms with Crippen LogP contribution in [0, 0.1) is 6.92 Å². The van der Waals surface area contributed by atoms with Gasteiger partial charge in [-0.1, -0.05) is 29.8 Å². The number of aromatic nitrogens is 1. The second kappa shape index (κ2) is 10.8. The van der Waals surface area contributed by atoms with Crippen LogP contribution < -0.4 is 5.73 Å². The lowest BCUT2D eigenvalue weighted by Gasteiger charge is -2.26. The Morgan fingerprint density at radius 3 is 2.55 bits per heavy atom. The Bertz CT molecular complexity index is 935. The predicted octanol–water partition coefficient (Wildman–Crippen LogP) is 3.04. The van der Waals surface area contributed by atoms with Crippen molar-refractivity contribution in [3.05, 3.63) is 46.2 Å². The highest BCUT2D eigenvalue weighted by molar-refractivity contribution is 6.33. The van der Waals surface area contributed by atoms with Gasteiger partial charge in [-0.25, -0.2) is 0 Å². The van der Waals surface area contributed by atoms with Crippen LogP contribution in [0.4, 0.5) is 0 Å². The number of methoxy groups -OCH3 is 1. The Morgan fingerprint density at radius 2 is 1.90 bits per heavy atom. The summed E-state index contributed by atoms with van der Waals surface area (Å²) >= 11 is 6.49. The molecule has 0 spiro atoms. The van der Waals surface area contributed by atoms with Gasteiger partial charge in [0.1, 0.15) is 0 Å². The average Bonchev–Trinajstić information content (AvgIpc) is 3.04. The number of rotatable bonds is 9. The molecule has 1 fully saturated rings. The zero-order valence-electron chi connectivity index (χ0n) is 18.2. The summed E-state index contributed by atoms with van der Waals surface area (Å²) in [5, 5.41) is 0.537. The van der Waals surface area contributed by atoms with E-state index in [1.165, 1.54) is 7.11 Å². The van der Waals surface area contributed by atoms with Crippen LogP contribution in [-0.4, -0.2) is 61.3 Å². The number of halogens is 1. The van der Waals surface area contributed by atoms with Crippen molar-refractivity contribution in [2.45, 2.75) is 32.7 Å². The fourth-order valence-corrected chi connectivity index (χ4v) is 4.45. The van der Waals surface area contributed by atoms with Gasteiger partial charge in [-0.05, 0) is 25.8 Å². The molecule has 1 saturated heterocycles. The molecule has 0 unspecified atom stereocenters. The maximum atomic E-state index is 12.5. The molecule has 7 nitrogen and oxygen atoms in total. The molecular weight excluding hydrogens is 418 g/mol. The molecule has 2 N–H and O–H groups in total. The van der Waals surface area contributed by atoms with Crippen LogP contribution in [-0.2, 0) is 27.2 Å². The van der Waals surface area contributed by atoms with E-state index in [9.17, 15) is 9.59 Å². The Morgan fingerprint density at radius 1 is 1.19 bits per heavy atom. The van der Waals surface area contributed by atoms with Gasteiger partial charge in [0, 0.05) is 53.7 Å². The molecule has 1 amide bonds. The minimum Gasteiger partial charge on any atom is -0.469 e. The van der Waals surface area contributed by atoms with Gasteiger partial charge in [0.15, 0.2) is 0 Å². The van der Waals surface area contributed by atoms with Gasteiger partial charge in [0.05, 0.1) is 32.3 Å². The largest absolute Gasteiger partial charge is 0.469 e. The van der Waals surface area contributed by atoms with Crippen molar-refractivity contribution in [2.24, 2.45) is 5.73 Å². The van der Waals surface area contributed by atoms with Crippen molar-refractivity contribution in [3.8, 4) is 11.1 Å². The van der Waals surface area contributed by atoms with Gasteiger partial charge in [-0.15, -0.1) is 0 Å². The quantitative estimate of drug-likeness (QED) is 0.597. The van der Waals surface area contributed by atoms with Gasteiger partial charge < -0.3 is 19.8 Å². The molecule has 168 valence electrons. The number of nitrogens with zero attached hydrogens (tertiary/aromatic N) is 2. The minimum absolute atomic E-state index is 0.207. The van der Waals surface area contributed by atoms with E-state index in [4.69, 9.17) is 26.8 Å². The van der Waals surface area contributed by atoms with Gasteiger partial charge in [0.25, 0.3) is 5.91 Å². The second-order valence-electron chi connectivity index (χ2n) is 7.66. The normalized spacial score (nSPS) is 14.5. The van der Waals surface area contributed by atoms with E-state index in [2.05, 4.69) is 9.47 Å². The fraction of sp³-hybridized carbons (Fsp3) is 0.478. The smallest absolute Gasteiger partial charge is 0.305 e. The van der Waals surface area contributed by atoms with Crippen LogP contribution in [0.25, 0.3) is 11.1 Å². The van der Waals surface area contributed by atoms with Crippen molar-refractivity contribution in [2.75, 3.05) is 40.0 Å². The standard InChI is InChI=1S/C23H30ClN3O4/c1-16-21(23(25)29)22(17-6-3-4-7-18(17)24)19(8-9-20(28)30-2)27(16)11-5-10-26-12-14-31-15-13-26/h3-4,6-7H,5,8-15H2,1-2H3,(H2,25,29). The Hall–Kier alpha value is -2.35. The molecule has 1 aromatic heterocycles. The summed E-state index contributed by atoms with van der Waals surface area (Å²) in [5.74, 6) is -0.803. The molecule has 1 aliphatic rings. The zero-order valence-corrected chi connectivity index (χ0v) is 18.9. The summed E-state index contributed by atoms with van der Waals surface area (Å²) < 4.78 is 12.4. The maximum Gasteiger partial charge on any atom is 0.305 e. The number of primary amides is 1. The zero-order chi connectivity index (χ0) is 22.4. The Kier molecular flexibility index (Phi) is 8.12. The number of carbonyl (C=O) groups excluding carboxylic acids is 2. The molecule has 1 aromatic carbocycles. The molecule has 8 heteroatoms. The molecule has 0 bridgehead atoms. The lowest BCUT2D eigenvalue weighted by molar-refractivity contribution is -0.140. The Balaban J connectivity index is 1.99. The molecule has 0 atom stereocenters. The van der Waals surface area contributed by atoms with E-state index in [0.717, 1.165) is 56.2 Å². The van der Waals surface area contributed by atoms with Gasteiger partial charge in [-0.2, -0.15) is 0 Å². The number of hydrogen-bond acceptors (Lipinski definition) is 5. The number of carbonyl (C=O) groups is 2. The van der Waals surface area contributed by atoms with Gasteiger partial charge >= 0.3 is 5.97 Å². The third kappa shape index (κ3) is 5.47. The first kappa shape index (κ1) is 23.3. The van der Waals surface area contributed by atoms with Crippen LogP contribution in [0.3, 0.4) is 0 Å². The van der Waals surface area contributed by atoms with Crippen molar-refractivity contribution in [1.29, 1.82) is 0 Å². The summed E-state index contributed by atoms with van der Waals surface area (Å²) in [7, 11) is 1.37. The summed E-state index contributed by atoms with van der Waals surface area (Å²) in [6.45, 7) is 6.92. The minimum atomic E-state index is -0.501. The van der Waals surface area contributed by atoms with E-state index >= 15 is 0 Å². The van der Waals surface area contributed by atoms with E-state index in [1.807, 2.05) is 25.1 Å². The third-order valence-electron chi connectivity index (χ3n) is 5.77. The van der Waals surface area contributed by atoms with E-state index in [1.54, 1.807) is 6.07 Å².